The second-order valence-corrected chi connectivity index (χ2v) is 4.68. The molecular weight excluding hydrogens is 174 g/mol. The summed E-state index contributed by atoms with van der Waals surface area (Å²) in [6, 6.07) is 0. The highest BCUT2D eigenvalue weighted by Gasteiger charge is 2.35. The number of nitrogens with zero attached hydrogens (tertiary/aromatic N) is 2. The molecule has 1 aliphatic carbocycles. The lowest BCUT2D eigenvalue weighted by Gasteiger charge is -2.41. The van der Waals surface area contributed by atoms with E-state index in [1.54, 1.807) is 0 Å². The van der Waals surface area contributed by atoms with Gasteiger partial charge in [-0.1, -0.05) is 6.92 Å². The summed E-state index contributed by atoms with van der Waals surface area (Å²) >= 11 is 0. The van der Waals surface area contributed by atoms with Crippen LogP contribution in [0.25, 0.3) is 0 Å². The average Bonchev–Trinajstić information content (AvgIpc) is 2.61. The van der Waals surface area contributed by atoms with Crippen LogP contribution in [0.4, 0.5) is 0 Å². The molecule has 1 aromatic heterocycles. The molecule has 0 radical (unpaired) electrons. The summed E-state index contributed by atoms with van der Waals surface area (Å²) in [4.78, 5) is 4.25. The van der Waals surface area contributed by atoms with Gasteiger partial charge in [-0.2, -0.15) is 0 Å². The zero-order chi connectivity index (χ0) is 10.2. The zero-order valence-corrected chi connectivity index (χ0v) is 9.03. The maximum atomic E-state index is 5.69. The van der Waals surface area contributed by atoms with Crippen LogP contribution < -0.4 is 5.73 Å². The molecule has 1 fully saturated rings. The van der Waals surface area contributed by atoms with Crippen molar-refractivity contribution in [2.24, 2.45) is 5.73 Å². The van der Waals surface area contributed by atoms with E-state index >= 15 is 0 Å². The Labute approximate surface area is 85.3 Å². The van der Waals surface area contributed by atoms with Crippen LogP contribution in [-0.2, 0) is 5.54 Å². The first-order valence-corrected chi connectivity index (χ1v) is 5.40. The van der Waals surface area contributed by atoms with Gasteiger partial charge in [-0.25, -0.2) is 4.98 Å². The Morgan fingerprint density at radius 2 is 2.36 bits per heavy atom. The van der Waals surface area contributed by atoms with Crippen molar-refractivity contribution in [2.75, 3.05) is 6.54 Å². The van der Waals surface area contributed by atoms with Crippen molar-refractivity contribution < 1.29 is 0 Å². The fourth-order valence-corrected chi connectivity index (χ4v) is 2.17. The monoisotopic (exact) mass is 193 g/mol. The molecule has 0 saturated heterocycles. The maximum Gasteiger partial charge on any atom is 0.0953 e. The lowest BCUT2D eigenvalue weighted by molar-refractivity contribution is 0.162. The summed E-state index contributed by atoms with van der Waals surface area (Å²) in [5.74, 6) is 0.412. The molecule has 1 aliphatic rings. The van der Waals surface area contributed by atoms with Gasteiger partial charge in [0.1, 0.15) is 0 Å². The van der Waals surface area contributed by atoms with E-state index in [9.17, 15) is 0 Å². The molecule has 0 aliphatic heterocycles. The summed E-state index contributed by atoms with van der Waals surface area (Å²) in [6.07, 6.45) is 7.80. The predicted molar refractivity (Wildman–Crippen MR) is 57.2 cm³/mol. The van der Waals surface area contributed by atoms with Crippen LogP contribution in [0.1, 0.15) is 44.7 Å². The van der Waals surface area contributed by atoms with Crippen molar-refractivity contribution in [2.45, 2.75) is 44.6 Å². The fourth-order valence-electron chi connectivity index (χ4n) is 2.17. The first kappa shape index (κ1) is 9.71. The number of rotatable bonds is 3. The van der Waals surface area contributed by atoms with Crippen molar-refractivity contribution >= 4 is 0 Å². The van der Waals surface area contributed by atoms with Gasteiger partial charge in [0.15, 0.2) is 0 Å². The summed E-state index contributed by atoms with van der Waals surface area (Å²) in [5.41, 5.74) is 7.30. The van der Waals surface area contributed by atoms with Gasteiger partial charge in [-0.05, 0) is 26.2 Å². The van der Waals surface area contributed by atoms with Gasteiger partial charge in [0.25, 0.3) is 0 Å². The van der Waals surface area contributed by atoms with Crippen LogP contribution in [0.5, 0.6) is 0 Å². The molecule has 0 amide bonds. The van der Waals surface area contributed by atoms with Gasteiger partial charge < -0.3 is 10.3 Å². The van der Waals surface area contributed by atoms with Gasteiger partial charge in [0.2, 0.25) is 0 Å². The number of aromatic nitrogens is 2. The zero-order valence-electron chi connectivity index (χ0n) is 9.03. The molecule has 1 heterocycles. The van der Waals surface area contributed by atoms with Gasteiger partial charge in [0, 0.05) is 29.9 Å². The van der Waals surface area contributed by atoms with E-state index < -0.39 is 0 Å². The van der Waals surface area contributed by atoms with Crippen LogP contribution >= 0.6 is 0 Å². The highest BCUT2D eigenvalue weighted by Crippen LogP contribution is 2.40. The van der Waals surface area contributed by atoms with E-state index in [-0.39, 0.29) is 0 Å². The van der Waals surface area contributed by atoms with E-state index in [1.165, 1.54) is 25.0 Å². The number of hydrogen-bond donors (Lipinski definition) is 1. The molecular formula is C11H19N3. The van der Waals surface area contributed by atoms with E-state index in [4.69, 9.17) is 5.73 Å². The second kappa shape index (κ2) is 3.39. The first-order valence-electron chi connectivity index (χ1n) is 5.40. The molecule has 3 nitrogen and oxygen atoms in total. The van der Waals surface area contributed by atoms with Crippen LogP contribution in [0.15, 0.2) is 12.5 Å². The van der Waals surface area contributed by atoms with E-state index in [2.05, 4.69) is 23.4 Å². The second-order valence-electron chi connectivity index (χ2n) is 4.68. The quantitative estimate of drug-likeness (QED) is 0.796. The lowest BCUT2D eigenvalue weighted by Crippen LogP contribution is -2.38. The minimum absolute atomic E-state index is 0.315. The van der Waals surface area contributed by atoms with Crippen LogP contribution in [0, 0.1) is 0 Å². The Morgan fingerprint density at radius 3 is 2.86 bits per heavy atom. The summed E-state index contributed by atoms with van der Waals surface area (Å²) in [7, 11) is 0. The summed E-state index contributed by atoms with van der Waals surface area (Å²) in [6.45, 7) is 5.17. The van der Waals surface area contributed by atoms with Crippen molar-refractivity contribution in [3.63, 3.8) is 0 Å². The number of nitrogens with two attached hydrogens (primary N) is 1. The van der Waals surface area contributed by atoms with Crippen LogP contribution in [0.2, 0.25) is 0 Å². The smallest absolute Gasteiger partial charge is 0.0953 e. The predicted octanol–water partition coefficient (Wildman–Crippen LogP) is 1.84. The normalized spacial score (nSPS) is 21.6. The molecule has 2 rings (SSSR count). The molecule has 1 aromatic rings. The van der Waals surface area contributed by atoms with Gasteiger partial charge >= 0.3 is 0 Å². The van der Waals surface area contributed by atoms with E-state index in [0.717, 1.165) is 0 Å². The third-order valence-electron chi connectivity index (χ3n) is 3.54. The van der Waals surface area contributed by atoms with E-state index in [0.29, 0.717) is 18.0 Å². The minimum Gasteiger partial charge on any atom is -0.330 e. The fraction of sp³-hybridized carbons (Fsp3) is 0.727. The van der Waals surface area contributed by atoms with Crippen LogP contribution in [-0.4, -0.2) is 16.1 Å². The third-order valence-corrected chi connectivity index (χ3v) is 3.54. The minimum atomic E-state index is 0.315. The molecule has 1 saturated carbocycles. The van der Waals surface area contributed by atoms with Gasteiger partial charge in [-0.15, -0.1) is 0 Å². The first-order chi connectivity index (χ1) is 6.67. The molecule has 0 bridgehead atoms. The van der Waals surface area contributed by atoms with E-state index in [1.807, 2.05) is 12.5 Å². The standard InChI is InChI=1S/C11H19N3/c1-9(6-12)10-7-13-8-14(10)11(2)4-3-5-11/h7-9H,3-6,12H2,1-2H3. The molecule has 0 aromatic carbocycles. The van der Waals surface area contributed by atoms with Crippen LogP contribution in [0.3, 0.4) is 0 Å². The summed E-state index contributed by atoms with van der Waals surface area (Å²) < 4.78 is 2.33. The SMILES string of the molecule is CC(CN)c1cncn1C1(C)CCC1. The average molecular weight is 193 g/mol. The molecule has 2 N–H and O–H groups in total. The Kier molecular flexibility index (Phi) is 2.35. The molecule has 0 spiro atoms. The molecule has 1 atom stereocenters. The number of imidazole rings is 1. The molecule has 78 valence electrons. The lowest BCUT2D eigenvalue weighted by atomic mass is 9.78. The van der Waals surface area contributed by atoms with Crippen molar-refractivity contribution in [3.8, 4) is 0 Å². The summed E-state index contributed by atoms with van der Waals surface area (Å²) in [5, 5.41) is 0. The van der Waals surface area contributed by atoms with Gasteiger partial charge in [0.05, 0.1) is 6.33 Å². The molecule has 3 heteroatoms. The Morgan fingerprint density at radius 1 is 1.64 bits per heavy atom. The van der Waals surface area contributed by atoms with Gasteiger partial charge in [-0.3, -0.25) is 0 Å². The third kappa shape index (κ3) is 1.36. The largest absolute Gasteiger partial charge is 0.330 e. The maximum absolute atomic E-state index is 5.69. The Balaban J connectivity index is 2.29. The van der Waals surface area contributed by atoms with Crippen molar-refractivity contribution in [1.29, 1.82) is 0 Å². The highest BCUT2D eigenvalue weighted by atomic mass is 15.1. The Hall–Kier alpha value is -0.830. The van der Waals surface area contributed by atoms with Crippen molar-refractivity contribution in [3.05, 3.63) is 18.2 Å². The highest BCUT2D eigenvalue weighted by molar-refractivity contribution is 5.11. The number of hydrogen-bond acceptors (Lipinski definition) is 2. The van der Waals surface area contributed by atoms with Crippen molar-refractivity contribution in [1.82, 2.24) is 9.55 Å². The molecule has 14 heavy (non-hydrogen) atoms. The Bertz CT molecular complexity index is 312. The molecule has 1 unspecified atom stereocenters. The topological polar surface area (TPSA) is 43.8 Å².